The van der Waals surface area contributed by atoms with Gasteiger partial charge in [-0.25, -0.2) is 0 Å². The molecule has 0 saturated carbocycles. The fourth-order valence-electron chi connectivity index (χ4n) is 1.62. The molecule has 0 saturated heterocycles. The van der Waals surface area contributed by atoms with Crippen molar-refractivity contribution in [2.75, 3.05) is 13.7 Å². The van der Waals surface area contributed by atoms with Gasteiger partial charge >= 0.3 is 0 Å². The molecule has 2 N–H and O–H groups in total. The summed E-state index contributed by atoms with van der Waals surface area (Å²) in [5.41, 5.74) is 1.84. The Morgan fingerprint density at radius 1 is 1.29 bits per heavy atom. The smallest absolute Gasteiger partial charge is 0.0713 e. The lowest BCUT2D eigenvalue weighted by molar-refractivity contribution is 0.0711. The second kappa shape index (κ2) is 6.74. The zero-order valence-electron chi connectivity index (χ0n) is 11.0. The molecule has 0 aliphatic carbocycles. The minimum atomic E-state index is -0.592. The summed E-state index contributed by atoms with van der Waals surface area (Å²) in [6.07, 6.45) is 0.755. The number of methoxy groups -OCH3 is 1. The SMILES string of the molecule is COCc1cccc(CNCCC(C)(C)O)c1. The van der Waals surface area contributed by atoms with Crippen molar-refractivity contribution in [2.45, 2.75) is 39.0 Å². The van der Waals surface area contributed by atoms with Crippen LogP contribution in [0.15, 0.2) is 24.3 Å². The van der Waals surface area contributed by atoms with E-state index in [-0.39, 0.29) is 0 Å². The summed E-state index contributed by atoms with van der Waals surface area (Å²) in [5, 5.41) is 12.9. The van der Waals surface area contributed by atoms with Gasteiger partial charge in [-0.2, -0.15) is 0 Å². The lowest BCUT2D eigenvalue weighted by atomic mass is 10.1. The topological polar surface area (TPSA) is 41.5 Å². The number of hydrogen-bond acceptors (Lipinski definition) is 3. The maximum absolute atomic E-state index is 9.57. The highest BCUT2D eigenvalue weighted by Gasteiger charge is 2.10. The van der Waals surface area contributed by atoms with Crippen LogP contribution in [0, 0.1) is 0 Å². The molecule has 0 spiro atoms. The summed E-state index contributed by atoms with van der Waals surface area (Å²) in [6.45, 7) is 5.95. The monoisotopic (exact) mass is 237 g/mol. The Balaban J connectivity index is 2.34. The second-order valence-corrected chi connectivity index (χ2v) is 4.99. The number of rotatable bonds is 7. The normalized spacial score (nSPS) is 11.8. The van der Waals surface area contributed by atoms with Crippen LogP contribution in [0.1, 0.15) is 31.4 Å². The Hall–Kier alpha value is -0.900. The van der Waals surface area contributed by atoms with Gasteiger partial charge in [0, 0.05) is 13.7 Å². The first-order valence-corrected chi connectivity index (χ1v) is 6.01. The molecule has 0 aromatic heterocycles. The summed E-state index contributed by atoms with van der Waals surface area (Å²) in [6, 6.07) is 8.34. The molecule has 0 bridgehead atoms. The molecule has 0 unspecified atom stereocenters. The summed E-state index contributed by atoms with van der Waals surface area (Å²) >= 11 is 0. The third-order valence-corrected chi connectivity index (χ3v) is 2.55. The first-order chi connectivity index (χ1) is 8.01. The zero-order chi connectivity index (χ0) is 12.7. The molecule has 17 heavy (non-hydrogen) atoms. The predicted octanol–water partition coefficient (Wildman–Crippen LogP) is 2.08. The highest BCUT2D eigenvalue weighted by Crippen LogP contribution is 2.08. The number of hydrogen-bond donors (Lipinski definition) is 2. The molecule has 0 atom stereocenters. The Bertz CT molecular complexity index is 331. The predicted molar refractivity (Wildman–Crippen MR) is 69.8 cm³/mol. The average molecular weight is 237 g/mol. The van der Waals surface area contributed by atoms with Gasteiger partial charge < -0.3 is 15.2 Å². The van der Waals surface area contributed by atoms with Crippen LogP contribution in [0.3, 0.4) is 0 Å². The maximum atomic E-state index is 9.57. The highest BCUT2D eigenvalue weighted by atomic mass is 16.5. The summed E-state index contributed by atoms with van der Waals surface area (Å²) < 4.78 is 5.10. The number of aliphatic hydroxyl groups is 1. The van der Waals surface area contributed by atoms with Gasteiger partial charge in [0.2, 0.25) is 0 Å². The molecule has 3 heteroatoms. The first-order valence-electron chi connectivity index (χ1n) is 6.01. The van der Waals surface area contributed by atoms with Crippen LogP contribution in [0.25, 0.3) is 0 Å². The molecule has 0 amide bonds. The van der Waals surface area contributed by atoms with Gasteiger partial charge in [0.15, 0.2) is 0 Å². The molecule has 0 heterocycles. The summed E-state index contributed by atoms with van der Waals surface area (Å²) in [5.74, 6) is 0. The minimum Gasteiger partial charge on any atom is -0.390 e. The summed E-state index contributed by atoms with van der Waals surface area (Å²) in [7, 11) is 1.70. The van der Waals surface area contributed by atoms with E-state index in [1.54, 1.807) is 7.11 Å². The Kier molecular flexibility index (Phi) is 5.62. The van der Waals surface area contributed by atoms with Crippen LogP contribution in [0.4, 0.5) is 0 Å². The van der Waals surface area contributed by atoms with Crippen molar-refractivity contribution >= 4 is 0 Å². The molecule has 96 valence electrons. The van der Waals surface area contributed by atoms with Crippen LogP contribution in [-0.4, -0.2) is 24.4 Å². The van der Waals surface area contributed by atoms with E-state index in [4.69, 9.17) is 4.74 Å². The molecule has 1 rings (SSSR count). The average Bonchev–Trinajstić information content (AvgIpc) is 2.24. The van der Waals surface area contributed by atoms with Gasteiger partial charge in [-0.1, -0.05) is 24.3 Å². The van der Waals surface area contributed by atoms with E-state index in [1.807, 2.05) is 19.9 Å². The van der Waals surface area contributed by atoms with E-state index >= 15 is 0 Å². The van der Waals surface area contributed by atoms with Crippen molar-refractivity contribution in [1.29, 1.82) is 0 Å². The molecule has 0 aliphatic rings. The van der Waals surface area contributed by atoms with Crippen molar-refractivity contribution in [3.05, 3.63) is 35.4 Å². The van der Waals surface area contributed by atoms with Gasteiger partial charge in [0.25, 0.3) is 0 Å². The fourth-order valence-corrected chi connectivity index (χ4v) is 1.62. The Morgan fingerprint density at radius 2 is 2.00 bits per heavy atom. The van der Waals surface area contributed by atoms with Gasteiger partial charge in [-0.05, 0) is 37.9 Å². The molecular weight excluding hydrogens is 214 g/mol. The quantitative estimate of drug-likeness (QED) is 0.713. The fraction of sp³-hybridized carbons (Fsp3) is 0.571. The highest BCUT2D eigenvalue weighted by molar-refractivity contribution is 5.22. The van der Waals surface area contributed by atoms with Crippen molar-refractivity contribution in [1.82, 2.24) is 5.32 Å². The lowest BCUT2D eigenvalue weighted by Gasteiger charge is -2.17. The van der Waals surface area contributed by atoms with E-state index in [2.05, 4.69) is 23.5 Å². The number of ether oxygens (including phenoxy) is 1. The molecule has 3 nitrogen and oxygen atoms in total. The van der Waals surface area contributed by atoms with Crippen molar-refractivity contribution < 1.29 is 9.84 Å². The van der Waals surface area contributed by atoms with E-state index in [9.17, 15) is 5.11 Å². The molecule has 1 aromatic carbocycles. The molecule has 0 radical (unpaired) electrons. The molecular formula is C14H23NO2. The van der Waals surface area contributed by atoms with E-state index in [1.165, 1.54) is 11.1 Å². The van der Waals surface area contributed by atoms with Crippen LogP contribution in [0.5, 0.6) is 0 Å². The van der Waals surface area contributed by atoms with Gasteiger partial charge in [-0.15, -0.1) is 0 Å². The molecule has 1 aromatic rings. The van der Waals surface area contributed by atoms with Crippen molar-refractivity contribution in [3.63, 3.8) is 0 Å². The van der Waals surface area contributed by atoms with E-state index < -0.39 is 5.60 Å². The van der Waals surface area contributed by atoms with E-state index in [0.29, 0.717) is 6.61 Å². The third kappa shape index (κ3) is 6.41. The first kappa shape index (κ1) is 14.2. The number of benzene rings is 1. The lowest BCUT2D eigenvalue weighted by Crippen LogP contribution is -2.26. The van der Waals surface area contributed by atoms with Gasteiger partial charge in [0.1, 0.15) is 0 Å². The maximum Gasteiger partial charge on any atom is 0.0713 e. The van der Waals surface area contributed by atoms with Crippen LogP contribution < -0.4 is 5.32 Å². The van der Waals surface area contributed by atoms with Gasteiger partial charge in [-0.3, -0.25) is 0 Å². The summed E-state index contributed by atoms with van der Waals surface area (Å²) in [4.78, 5) is 0. The number of nitrogens with one attached hydrogen (secondary N) is 1. The standard InChI is InChI=1S/C14H23NO2/c1-14(2,16)7-8-15-10-12-5-4-6-13(9-12)11-17-3/h4-6,9,15-16H,7-8,10-11H2,1-3H3. The van der Waals surface area contributed by atoms with Crippen LogP contribution in [0.2, 0.25) is 0 Å². The van der Waals surface area contributed by atoms with Crippen molar-refractivity contribution in [3.8, 4) is 0 Å². The largest absolute Gasteiger partial charge is 0.390 e. The van der Waals surface area contributed by atoms with Crippen molar-refractivity contribution in [2.24, 2.45) is 0 Å². The molecule has 0 aliphatic heterocycles. The third-order valence-electron chi connectivity index (χ3n) is 2.55. The Labute approximate surface area is 104 Å². The second-order valence-electron chi connectivity index (χ2n) is 4.99. The van der Waals surface area contributed by atoms with E-state index in [0.717, 1.165) is 19.5 Å². The van der Waals surface area contributed by atoms with Crippen LogP contribution in [-0.2, 0) is 17.9 Å². The Morgan fingerprint density at radius 3 is 2.65 bits per heavy atom. The van der Waals surface area contributed by atoms with Crippen LogP contribution >= 0.6 is 0 Å². The minimum absolute atomic E-state index is 0.592. The molecule has 0 fully saturated rings. The van der Waals surface area contributed by atoms with Gasteiger partial charge in [0.05, 0.1) is 12.2 Å². The zero-order valence-corrected chi connectivity index (χ0v) is 11.0.